The van der Waals surface area contributed by atoms with Gasteiger partial charge in [0.05, 0.1) is 0 Å². The quantitative estimate of drug-likeness (QED) is 0.607. The fourth-order valence-corrected chi connectivity index (χ4v) is 1.66. The Morgan fingerprint density at radius 1 is 1.06 bits per heavy atom. The summed E-state index contributed by atoms with van der Waals surface area (Å²) in [5.41, 5.74) is 0.745. The first-order valence-corrected chi connectivity index (χ1v) is 5.75. The SMILES string of the molecule is CN(C)C(=NCCc1ccc(F)c(F)c1)N(C)C. The van der Waals surface area contributed by atoms with Crippen LogP contribution in [0, 0.1) is 11.6 Å². The highest BCUT2D eigenvalue weighted by atomic mass is 19.2. The van der Waals surface area contributed by atoms with Gasteiger partial charge in [0.15, 0.2) is 17.6 Å². The molecule has 0 amide bonds. The number of halogens is 2. The van der Waals surface area contributed by atoms with Gasteiger partial charge in [-0.15, -0.1) is 0 Å². The molecule has 3 nitrogen and oxygen atoms in total. The predicted octanol–water partition coefficient (Wildman–Crippen LogP) is 1.99. The maximum Gasteiger partial charge on any atom is 0.195 e. The van der Waals surface area contributed by atoms with E-state index in [-0.39, 0.29) is 0 Å². The molecule has 1 aromatic carbocycles. The second-order valence-electron chi connectivity index (χ2n) is 4.47. The molecule has 1 rings (SSSR count). The predicted molar refractivity (Wildman–Crippen MR) is 69.7 cm³/mol. The molecule has 0 saturated carbocycles. The summed E-state index contributed by atoms with van der Waals surface area (Å²) in [6.45, 7) is 0.538. The molecule has 0 aromatic heterocycles. The first-order valence-electron chi connectivity index (χ1n) is 5.75. The first-order chi connectivity index (χ1) is 8.41. The molecule has 0 heterocycles. The molecule has 0 atom stereocenters. The molecule has 0 unspecified atom stereocenters. The van der Waals surface area contributed by atoms with Gasteiger partial charge in [0.25, 0.3) is 0 Å². The van der Waals surface area contributed by atoms with Crippen LogP contribution in [0.2, 0.25) is 0 Å². The minimum Gasteiger partial charge on any atom is -0.349 e. The summed E-state index contributed by atoms with van der Waals surface area (Å²) >= 11 is 0. The molecule has 0 saturated heterocycles. The zero-order valence-electron chi connectivity index (χ0n) is 11.2. The molecule has 0 radical (unpaired) electrons. The van der Waals surface area contributed by atoms with Crippen molar-refractivity contribution < 1.29 is 8.78 Å². The number of benzene rings is 1. The third-order valence-electron chi connectivity index (χ3n) is 2.44. The van der Waals surface area contributed by atoms with Gasteiger partial charge in [-0.25, -0.2) is 8.78 Å². The number of aliphatic imine (C=N–C) groups is 1. The Morgan fingerprint density at radius 3 is 2.17 bits per heavy atom. The highest BCUT2D eigenvalue weighted by Crippen LogP contribution is 2.09. The standard InChI is InChI=1S/C13H19F2N3/c1-17(2)13(18(3)4)16-8-7-10-5-6-11(14)12(15)9-10/h5-6,9H,7-8H2,1-4H3. The van der Waals surface area contributed by atoms with E-state index in [4.69, 9.17) is 0 Å². The van der Waals surface area contributed by atoms with Crippen LogP contribution in [0.4, 0.5) is 8.78 Å². The first kappa shape index (κ1) is 14.4. The summed E-state index contributed by atoms with van der Waals surface area (Å²) in [7, 11) is 7.65. The van der Waals surface area contributed by atoms with Crippen LogP contribution in [0.1, 0.15) is 5.56 Å². The van der Waals surface area contributed by atoms with Crippen LogP contribution < -0.4 is 0 Å². The van der Waals surface area contributed by atoms with Crippen LogP contribution in [-0.2, 0) is 6.42 Å². The molecule has 0 aliphatic carbocycles. The minimum atomic E-state index is -0.815. The van der Waals surface area contributed by atoms with Gasteiger partial charge in [0.1, 0.15) is 0 Å². The van der Waals surface area contributed by atoms with E-state index < -0.39 is 11.6 Å². The molecule has 0 N–H and O–H groups in total. The average Bonchev–Trinajstić information content (AvgIpc) is 2.28. The molecule has 0 aliphatic heterocycles. The molecular formula is C13H19F2N3. The van der Waals surface area contributed by atoms with Gasteiger partial charge in [0, 0.05) is 34.7 Å². The number of nitrogens with zero attached hydrogens (tertiary/aromatic N) is 3. The second-order valence-corrected chi connectivity index (χ2v) is 4.47. The normalized spacial score (nSPS) is 10.1. The second kappa shape index (κ2) is 6.33. The Hall–Kier alpha value is -1.65. The number of rotatable bonds is 3. The van der Waals surface area contributed by atoms with Gasteiger partial charge in [-0.1, -0.05) is 6.07 Å². The van der Waals surface area contributed by atoms with Crippen LogP contribution in [-0.4, -0.2) is 50.5 Å². The topological polar surface area (TPSA) is 18.8 Å². The van der Waals surface area contributed by atoms with Crippen molar-refractivity contribution >= 4 is 5.96 Å². The largest absolute Gasteiger partial charge is 0.349 e. The maximum atomic E-state index is 13.0. The molecule has 100 valence electrons. The lowest BCUT2D eigenvalue weighted by molar-refractivity contribution is 0.479. The Bertz CT molecular complexity index is 418. The lowest BCUT2D eigenvalue weighted by atomic mass is 10.1. The van der Waals surface area contributed by atoms with Crippen molar-refractivity contribution in [1.82, 2.24) is 9.80 Å². The smallest absolute Gasteiger partial charge is 0.195 e. The Labute approximate surface area is 107 Å². The fourth-order valence-electron chi connectivity index (χ4n) is 1.66. The van der Waals surface area contributed by atoms with Gasteiger partial charge in [-0.2, -0.15) is 0 Å². The monoisotopic (exact) mass is 255 g/mol. The Balaban J connectivity index is 2.64. The fraction of sp³-hybridized carbons (Fsp3) is 0.462. The van der Waals surface area contributed by atoms with E-state index in [0.29, 0.717) is 13.0 Å². The van der Waals surface area contributed by atoms with Gasteiger partial charge in [0.2, 0.25) is 0 Å². The molecule has 0 aliphatic rings. The van der Waals surface area contributed by atoms with E-state index in [1.165, 1.54) is 6.07 Å². The Kier molecular flexibility index (Phi) is 5.07. The van der Waals surface area contributed by atoms with Crippen molar-refractivity contribution in [2.75, 3.05) is 34.7 Å². The molecule has 0 bridgehead atoms. The third kappa shape index (κ3) is 3.98. The van der Waals surface area contributed by atoms with E-state index in [9.17, 15) is 8.78 Å². The van der Waals surface area contributed by atoms with Crippen molar-refractivity contribution in [3.63, 3.8) is 0 Å². The highest BCUT2D eigenvalue weighted by molar-refractivity contribution is 5.79. The van der Waals surface area contributed by atoms with Crippen LogP contribution >= 0.6 is 0 Å². The van der Waals surface area contributed by atoms with E-state index in [2.05, 4.69) is 4.99 Å². The molecule has 5 heteroatoms. The zero-order valence-corrected chi connectivity index (χ0v) is 11.2. The molecule has 18 heavy (non-hydrogen) atoms. The van der Waals surface area contributed by atoms with E-state index >= 15 is 0 Å². The van der Waals surface area contributed by atoms with E-state index in [0.717, 1.165) is 17.6 Å². The molecule has 0 spiro atoms. The zero-order chi connectivity index (χ0) is 13.7. The minimum absolute atomic E-state index is 0.538. The maximum absolute atomic E-state index is 13.0. The van der Waals surface area contributed by atoms with Crippen LogP contribution in [0.3, 0.4) is 0 Å². The van der Waals surface area contributed by atoms with Crippen LogP contribution in [0.25, 0.3) is 0 Å². The molecule has 1 aromatic rings. The summed E-state index contributed by atoms with van der Waals surface area (Å²) in [6, 6.07) is 3.95. The van der Waals surface area contributed by atoms with Gasteiger partial charge < -0.3 is 9.80 Å². The summed E-state index contributed by atoms with van der Waals surface area (Å²) in [4.78, 5) is 8.24. The summed E-state index contributed by atoms with van der Waals surface area (Å²) in [5.74, 6) is -0.779. The summed E-state index contributed by atoms with van der Waals surface area (Å²) in [5, 5.41) is 0. The lowest BCUT2D eigenvalue weighted by Crippen LogP contribution is -2.35. The van der Waals surface area contributed by atoms with E-state index in [1.807, 2.05) is 38.0 Å². The highest BCUT2D eigenvalue weighted by Gasteiger charge is 2.05. The number of hydrogen-bond donors (Lipinski definition) is 0. The lowest BCUT2D eigenvalue weighted by Gasteiger charge is -2.22. The number of guanidine groups is 1. The van der Waals surface area contributed by atoms with Crippen molar-refractivity contribution in [2.24, 2.45) is 4.99 Å². The number of hydrogen-bond acceptors (Lipinski definition) is 1. The molecule has 0 fully saturated rings. The van der Waals surface area contributed by atoms with Crippen molar-refractivity contribution in [1.29, 1.82) is 0 Å². The summed E-state index contributed by atoms with van der Waals surface area (Å²) < 4.78 is 25.7. The van der Waals surface area contributed by atoms with Gasteiger partial charge >= 0.3 is 0 Å². The van der Waals surface area contributed by atoms with Crippen molar-refractivity contribution in [3.8, 4) is 0 Å². The van der Waals surface area contributed by atoms with Gasteiger partial charge in [-0.05, 0) is 24.1 Å². The summed E-state index contributed by atoms with van der Waals surface area (Å²) in [6.07, 6.45) is 0.586. The van der Waals surface area contributed by atoms with Crippen LogP contribution in [0.5, 0.6) is 0 Å². The van der Waals surface area contributed by atoms with Crippen LogP contribution in [0.15, 0.2) is 23.2 Å². The molecular weight excluding hydrogens is 236 g/mol. The van der Waals surface area contributed by atoms with Crippen molar-refractivity contribution in [3.05, 3.63) is 35.4 Å². The third-order valence-corrected chi connectivity index (χ3v) is 2.44. The van der Waals surface area contributed by atoms with Gasteiger partial charge in [-0.3, -0.25) is 4.99 Å². The Morgan fingerprint density at radius 2 is 1.67 bits per heavy atom. The average molecular weight is 255 g/mol. The van der Waals surface area contributed by atoms with E-state index in [1.54, 1.807) is 6.07 Å². The van der Waals surface area contributed by atoms with Crippen molar-refractivity contribution in [2.45, 2.75) is 6.42 Å².